The van der Waals surface area contributed by atoms with Crippen LogP contribution in [0.25, 0.3) is 22.9 Å². The SMILES string of the molecule is Cc1cccc(-c2nc(CNc3cccc(C(N)=O)c3)cn2-c2ccc3ncc(C(N)=O)n3c2)n1. The fourth-order valence-electron chi connectivity index (χ4n) is 3.83. The highest BCUT2D eigenvalue weighted by Crippen LogP contribution is 2.24. The van der Waals surface area contributed by atoms with E-state index < -0.39 is 11.8 Å². The van der Waals surface area contributed by atoms with Gasteiger partial charge in [-0.1, -0.05) is 12.1 Å². The smallest absolute Gasteiger partial charge is 0.267 e. The number of carbonyl (C=O) groups is 2. The van der Waals surface area contributed by atoms with Gasteiger partial charge < -0.3 is 16.8 Å². The summed E-state index contributed by atoms with van der Waals surface area (Å²) in [6.07, 6.45) is 5.14. The number of carbonyl (C=O) groups excluding carboxylic acids is 2. The van der Waals surface area contributed by atoms with E-state index in [0.717, 1.165) is 22.8 Å². The number of benzene rings is 1. The summed E-state index contributed by atoms with van der Waals surface area (Å²) in [5, 5.41) is 3.28. The summed E-state index contributed by atoms with van der Waals surface area (Å²) < 4.78 is 3.56. The van der Waals surface area contributed by atoms with E-state index in [-0.39, 0.29) is 5.69 Å². The molecule has 0 spiro atoms. The van der Waals surface area contributed by atoms with E-state index in [1.165, 1.54) is 6.20 Å². The van der Waals surface area contributed by atoms with E-state index in [2.05, 4.69) is 15.3 Å². The Labute approximate surface area is 200 Å². The van der Waals surface area contributed by atoms with Gasteiger partial charge in [-0.3, -0.25) is 18.6 Å². The van der Waals surface area contributed by atoms with Gasteiger partial charge in [0.2, 0.25) is 5.91 Å². The monoisotopic (exact) mass is 466 g/mol. The second kappa shape index (κ2) is 8.75. The predicted octanol–water partition coefficient (Wildman–Crippen LogP) is 2.70. The van der Waals surface area contributed by atoms with Crippen molar-refractivity contribution >= 4 is 23.1 Å². The number of nitrogens with zero attached hydrogens (tertiary/aromatic N) is 5. The van der Waals surface area contributed by atoms with Crippen LogP contribution in [0.5, 0.6) is 0 Å². The van der Waals surface area contributed by atoms with Gasteiger partial charge in [-0.2, -0.15) is 0 Å². The molecule has 0 saturated heterocycles. The summed E-state index contributed by atoms with van der Waals surface area (Å²) in [5.41, 5.74) is 16.0. The Bertz CT molecular complexity index is 1580. The highest BCUT2D eigenvalue weighted by molar-refractivity contribution is 5.93. The quantitative estimate of drug-likeness (QED) is 0.336. The minimum atomic E-state index is -0.566. The standard InChI is InChI=1S/C25H22N8O2/c1-15-4-2-7-20(30-15)25-31-18(11-28-17-6-3-5-16(10-17)23(26)34)13-32(25)19-8-9-22-29-12-21(24(27)35)33(22)14-19/h2-10,12-14,28H,11H2,1H3,(H2,26,34)(H2,27,35). The summed E-state index contributed by atoms with van der Waals surface area (Å²) in [6.45, 7) is 2.32. The molecule has 0 aliphatic rings. The number of nitrogens with two attached hydrogens (primary N) is 2. The van der Waals surface area contributed by atoms with E-state index in [9.17, 15) is 9.59 Å². The van der Waals surface area contributed by atoms with Gasteiger partial charge in [0.15, 0.2) is 5.82 Å². The molecule has 0 aliphatic heterocycles. The van der Waals surface area contributed by atoms with Crippen molar-refractivity contribution in [3.8, 4) is 17.2 Å². The molecular formula is C25H22N8O2. The molecule has 10 nitrogen and oxygen atoms in total. The van der Waals surface area contributed by atoms with Gasteiger partial charge in [-0.15, -0.1) is 0 Å². The first-order valence-electron chi connectivity index (χ1n) is 10.8. The molecule has 5 aromatic rings. The molecule has 5 N–H and O–H groups in total. The van der Waals surface area contributed by atoms with Gasteiger partial charge in [0.25, 0.3) is 5.91 Å². The van der Waals surface area contributed by atoms with E-state index in [1.807, 2.05) is 54.1 Å². The van der Waals surface area contributed by atoms with Crippen LogP contribution in [0.3, 0.4) is 0 Å². The molecule has 10 heteroatoms. The molecule has 0 saturated carbocycles. The number of amides is 2. The molecule has 0 radical (unpaired) electrons. The van der Waals surface area contributed by atoms with Crippen LogP contribution in [-0.2, 0) is 6.54 Å². The third-order valence-corrected chi connectivity index (χ3v) is 5.51. The van der Waals surface area contributed by atoms with E-state index in [1.54, 1.807) is 28.8 Å². The van der Waals surface area contributed by atoms with E-state index in [0.29, 0.717) is 29.3 Å². The average molecular weight is 467 g/mol. The Morgan fingerprint density at radius 1 is 0.971 bits per heavy atom. The van der Waals surface area contributed by atoms with Crippen molar-refractivity contribution in [2.45, 2.75) is 13.5 Å². The lowest BCUT2D eigenvalue weighted by Gasteiger charge is -2.09. The van der Waals surface area contributed by atoms with Gasteiger partial charge >= 0.3 is 0 Å². The number of aryl methyl sites for hydroxylation is 1. The molecule has 2 amide bonds. The number of hydrogen-bond acceptors (Lipinski definition) is 6. The highest BCUT2D eigenvalue weighted by Gasteiger charge is 2.16. The minimum absolute atomic E-state index is 0.286. The molecule has 35 heavy (non-hydrogen) atoms. The molecule has 1 aromatic carbocycles. The first kappa shape index (κ1) is 21.8. The van der Waals surface area contributed by atoms with Gasteiger partial charge in [0.05, 0.1) is 24.1 Å². The fourth-order valence-corrected chi connectivity index (χ4v) is 3.83. The van der Waals surface area contributed by atoms with Crippen LogP contribution in [-0.4, -0.2) is 35.7 Å². The highest BCUT2D eigenvalue weighted by atomic mass is 16.1. The second-order valence-corrected chi connectivity index (χ2v) is 8.01. The van der Waals surface area contributed by atoms with Crippen LogP contribution >= 0.6 is 0 Å². The molecule has 0 fully saturated rings. The number of fused-ring (bicyclic) bond motifs is 1. The lowest BCUT2D eigenvalue weighted by Crippen LogP contribution is -2.13. The average Bonchev–Trinajstić information content (AvgIpc) is 3.47. The van der Waals surface area contributed by atoms with Crippen molar-refractivity contribution in [2.24, 2.45) is 11.5 Å². The van der Waals surface area contributed by atoms with Gasteiger partial charge in [0.1, 0.15) is 17.0 Å². The predicted molar refractivity (Wildman–Crippen MR) is 131 cm³/mol. The zero-order valence-electron chi connectivity index (χ0n) is 18.8. The molecule has 0 atom stereocenters. The van der Waals surface area contributed by atoms with Gasteiger partial charge in [0, 0.05) is 29.3 Å². The Morgan fingerprint density at radius 2 is 1.80 bits per heavy atom. The van der Waals surface area contributed by atoms with Crippen LogP contribution in [0.1, 0.15) is 32.2 Å². The minimum Gasteiger partial charge on any atom is -0.379 e. The lowest BCUT2D eigenvalue weighted by molar-refractivity contribution is 0.0988. The first-order chi connectivity index (χ1) is 16.9. The molecule has 4 heterocycles. The largest absolute Gasteiger partial charge is 0.379 e. The lowest BCUT2D eigenvalue weighted by atomic mass is 10.2. The number of aromatic nitrogens is 5. The first-order valence-corrected chi connectivity index (χ1v) is 10.8. The Morgan fingerprint density at radius 3 is 2.57 bits per heavy atom. The third kappa shape index (κ3) is 4.32. The number of nitrogens with one attached hydrogen (secondary N) is 1. The summed E-state index contributed by atoms with van der Waals surface area (Å²) >= 11 is 0. The molecular weight excluding hydrogens is 444 g/mol. The summed E-state index contributed by atoms with van der Waals surface area (Å²) in [7, 11) is 0. The van der Waals surface area contributed by atoms with Crippen molar-refractivity contribution in [1.29, 1.82) is 0 Å². The number of anilines is 1. The zero-order chi connectivity index (χ0) is 24.5. The van der Waals surface area contributed by atoms with Crippen molar-refractivity contribution in [3.63, 3.8) is 0 Å². The molecule has 0 bridgehead atoms. The van der Waals surface area contributed by atoms with Gasteiger partial charge in [-0.25, -0.2) is 15.0 Å². The maximum atomic E-state index is 11.8. The van der Waals surface area contributed by atoms with Crippen LogP contribution < -0.4 is 16.8 Å². The number of rotatable bonds is 7. The van der Waals surface area contributed by atoms with E-state index in [4.69, 9.17) is 16.5 Å². The van der Waals surface area contributed by atoms with Crippen molar-refractivity contribution in [3.05, 3.63) is 95.8 Å². The summed E-state index contributed by atoms with van der Waals surface area (Å²) in [6, 6.07) is 16.4. The Kier molecular flexibility index (Phi) is 5.46. The van der Waals surface area contributed by atoms with E-state index >= 15 is 0 Å². The molecule has 4 aromatic heterocycles. The van der Waals surface area contributed by atoms with Crippen LogP contribution in [0.4, 0.5) is 5.69 Å². The Hall–Kier alpha value is -4.99. The molecule has 0 unspecified atom stereocenters. The number of primary amides is 2. The van der Waals surface area contributed by atoms with Crippen LogP contribution in [0.2, 0.25) is 0 Å². The fraction of sp³-hybridized carbons (Fsp3) is 0.0800. The number of imidazole rings is 2. The van der Waals surface area contributed by atoms with Crippen LogP contribution in [0.15, 0.2) is 73.2 Å². The van der Waals surface area contributed by atoms with Crippen molar-refractivity contribution in [2.75, 3.05) is 5.32 Å². The topological polar surface area (TPSA) is 146 Å². The summed E-state index contributed by atoms with van der Waals surface area (Å²) in [5.74, 6) is -0.420. The second-order valence-electron chi connectivity index (χ2n) is 8.01. The zero-order valence-corrected chi connectivity index (χ0v) is 18.8. The third-order valence-electron chi connectivity index (χ3n) is 5.51. The molecule has 0 aliphatic carbocycles. The Balaban J connectivity index is 1.55. The molecule has 5 rings (SSSR count). The van der Waals surface area contributed by atoms with Crippen molar-refractivity contribution in [1.82, 2.24) is 23.9 Å². The number of pyridine rings is 2. The number of hydrogen-bond donors (Lipinski definition) is 3. The summed E-state index contributed by atoms with van der Waals surface area (Å²) in [4.78, 5) is 37.0. The molecule has 174 valence electrons. The maximum Gasteiger partial charge on any atom is 0.267 e. The van der Waals surface area contributed by atoms with Crippen LogP contribution in [0, 0.1) is 6.92 Å². The normalized spacial score (nSPS) is 11.0. The van der Waals surface area contributed by atoms with Gasteiger partial charge in [-0.05, 0) is 49.4 Å². The maximum absolute atomic E-state index is 11.8. The van der Waals surface area contributed by atoms with Crippen molar-refractivity contribution < 1.29 is 9.59 Å².